The zero-order chi connectivity index (χ0) is 22.0. The maximum absolute atomic E-state index is 12.2. The number of likely N-dealkylation sites (tertiary alicyclic amines) is 1. The van der Waals surface area contributed by atoms with Crippen molar-refractivity contribution in [3.8, 4) is 0 Å². The molecule has 9 heteroatoms. The summed E-state index contributed by atoms with van der Waals surface area (Å²) < 4.78 is 0. The number of anilines is 1. The van der Waals surface area contributed by atoms with Gasteiger partial charge in [0.1, 0.15) is 0 Å². The molecule has 166 valence electrons. The van der Waals surface area contributed by atoms with Crippen molar-refractivity contribution in [2.45, 2.75) is 44.6 Å². The molecule has 0 spiro atoms. The van der Waals surface area contributed by atoms with Gasteiger partial charge in [-0.1, -0.05) is 24.6 Å². The summed E-state index contributed by atoms with van der Waals surface area (Å²) in [7, 11) is 1.54. The van der Waals surface area contributed by atoms with Crippen molar-refractivity contribution in [1.82, 2.24) is 25.2 Å². The number of hydrogen-bond acceptors (Lipinski definition) is 6. The number of nitrogens with zero attached hydrogens (tertiary/aromatic N) is 4. The van der Waals surface area contributed by atoms with Crippen LogP contribution in [-0.2, 0) is 6.42 Å². The van der Waals surface area contributed by atoms with Gasteiger partial charge in [0.05, 0.1) is 11.9 Å². The first-order valence-electron chi connectivity index (χ1n) is 11.0. The second-order valence-corrected chi connectivity index (χ2v) is 8.63. The fourth-order valence-electron chi connectivity index (χ4n) is 4.67. The fourth-order valence-corrected chi connectivity index (χ4v) is 4.92. The lowest BCUT2D eigenvalue weighted by Crippen LogP contribution is -2.44. The van der Waals surface area contributed by atoms with Crippen LogP contribution in [0.4, 0.5) is 5.69 Å². The summed E-state index contributed by atoms with van der Waals surface area (Å²) >= 11 is 6.34. The molecule has 8 nitrogen and oxygen atoms in total. The molecule has 2 fully saturated rings. The minimum atomic E-state index is -0.346. The lowest BCUT2D eigenvalue weighted by atomic mass is 10.0. The van der Waals surface area contributed by atoms with E-state index in [2.05, 4.69) is 36.1 Å². The van der Waals surface area contributed by atoms with Gasteiger partial charge in [-0.15, -0.1) is 0 Å². The van der Waals surface area contributed by atoms with Crippen molar-refractivity contribution in [3.05, 3.63) is 50.9 Å². The lowest BCUT2D eigenvalue weighted by molar-refractivity contribution is 0.0952. The predicted octanol–water partition coefficient (Wildman–Crippen LogP) is 2.20. The zero-order valence-corrected chi connectivity index (χ0v) is 18.8. The van der Waals surface area contributed by atoms with E-state index in [0.29, 0.717) is 17.1 Å². The highest BCUT2D eigenvalue weighted by molar-refractivity contribution is 6.32. The van der Waals surface area contributed by atoms with E-state index in [1.807, 2.05) is 13.0 Å². The number of halogens is 1. The van der Waals surface area contributed by atoms with Gasteiger partial charge in [0, 0.05) is 49.9 Å². The first-order valence-corrected chi connectivity index (χ1v) is 11.3. The molecule has 2 saturated heterocycles. The number of pyridine rings is 1. The van der Waals surface area contributed by atoms with E-state index in [4.69, 9.17) is 11.6 Å². The molecule has 0 bridgehead atoms. The first-order chi connectivity index (χ1) is 15.0. The van der Waals surface area contributed by atoms with E-state index < -0.39 is 0 Å². The second-order valence-electron chi connectivity index (χ2n) is 8.27. The summed E-state index contributed by atoms with van der Waals surface area (Å²) in [6, 6.07) is 4.57. The van der Waals surface area contributed by atoms with Crippen molar-refractivity contribution in [2.24, 2.45) is 0 Å². The van der Waals surface area contributed by atoms with Gasteiger partial charge in [0.15, 0.2) is 5.15 Å². The molecule has 0 aromatic carbocycles. The monoisotopic (exact) mass is 444 g/mol. The summed E-state index contributed by atoms with van der Waals surface area (Å²) in [5.41, 5.74) is 2.73. The minimum absolute atomic E-state index is 0.0493. The SMILES string of the molecule is CCc1ccc(C2CCN(C3CCN(c4cnc(C(=O)NC)nc4Cl)CC3)C2)[nH]c1=O. The van der Waals surface area contributed by atoms with Crippen molar-refractivity contribution < 1.29 is 4.79 Å². The standard InChI is InChI=1S/C22H29ClN6O2/c1-3-14-4-5-17(26-21(14)30)15-6-9-29(13-15)16-7-10-28(11-8-16)18-12-25-20(22(31)24-2)27-19(18)23/h4-5,12,15-16H,3,6-11,13H2,1-2H3,(H,24,31)(H,26,30). The van der Waals surface area contributed by atoms with Crippen LogP contribution in [0, 0.1) is 0 Å². The molecule has 0 aliphatic carbocycles. The molecule has 0 radical (unpaired) electrons. The Morgan fingerprint density at radius 1 is 1.26 bits per heavy atom. The van der Waals surface area contributed by atoms with Gasteiger partial charge in [-0.25, -0.2) is 9.97 Å². The second kappa shape index (κ2) is 9.36. The summed E-state index contributed by atoms with van der Waals surface area (Å²) in [5, 5.41) is 2.82. The van der Waals surface area contributed by atoms with Crippen LogP contribution in [0.1, 0.15) is 54.0 Å². The largest absolute Gasteiger partial charge is 0.368 e. The summed E-state index contributed by atoms with van der Waals surface area (Å²) in [6.07, 6.45) is 5.54. The third-order valence-corrected chi connectivity index (χ3v) is 6.81. The Balaban J connectivity index is 1.35. The number of aryl methyl sites for hydroxylation is 1. The molecule has 4 heterocycles. The molecule has 1 atom stereocenters. The topological polar surface area (TPSA) is 94.2 Å². The van der Waals surface area contributed by atoms with Gasteiger partial charge < -0.3 is 15.2 Å². The normalized spacial score (nSPS) is 20.2. The molecule has 2 N–H and O–H groups in total. The number of H-pyrrole nitrogens is 1. The van der Waals surface area contributed by atoms with E-state index in [-0.39, 0.29) is 17.3 Å². The number of nitrogens with one attached hydrogen (secondary N) is 2. The highest BCUT2D eigenvalue weighted by Crippen LogP contribution is 2.32. The number of carbonyl (C=O) groups is 1. The highest BCUT2D eigenvalue weighted by Gasteiger charge is 2.32. The van der Waals surface area contributed by atoms with Gasteiger partial charge in [0.2, 0.25) is 5.82 Å². The smallest absolute Gasteiger partial charge is 0.288 e. The van der Waals surface area contributed by atoms with Crippen LogP contribution in [0.15, 0.2) is 23.1 Å². The Labute approximate surface area is 187 Å². The zero-order valence-electron chi connectivity index (χ0n) is 18.0. The van der Waals surface area contributed by atoms with Crippen LogP contribution < -0.4 is 15.8 Å². The number of rotatable bonds is 5. The molecule has 2 aliphatic heterocycles. The Kier molecular flexibility index (Phi) is 6.57. The van der Waals surface area contributed by atoms with Crippen molar-refractivity contribution >= 4 is 23.2 Å². The molecule has 2 aromatic heterocycles. The average Bonchev–Trinajstić information content (AvgIpc) is 3.29. The number of amides is 1. The third-order valence-electron chi connectivity index (χ3n) is 6.53. The lowest BCUT2D eigenvalue weighted by Gasteiger charge is -2.37. The van der Waals surface area contributed by atoms with E-state index in [1.165, 1.54) is 0 Å². The Bertz CT molecular complexity index is 1000. The molecule has 2 aromatic rings. The number of hydrogen-bond donors (Lipinski definition) is 2. The number of piperidine rings is 1. The van der Waals surface area contributed by atoms with Crippen LogP contribution in [-0.4, -0.2) is 65.0 Å². The Hall–Kier alpha value is -2.45. The third kappa shape index (κ3) is 4.60. The van der Waals surface area contributed by atoms with Gasteiger partial charge in [0.25, 0.3) is 11.5 Å². The summed E-state index contributed by atoms with van der Waals surface area (Å²) in [6.45, 7) is 5.78. The average molecular weight is 445 g/mol. The van der Waals surface area contributed by atoms with E-state index >= 15 is 0 Å². The fraction of sp³-hybridized carbons (Fsp3) is 0.545. The molecular formula is C22H29ClN6O2. The molecule has 1 unspecified atom stereocenters. The van der Waals surface area contributed by atoms with E-state index in [9.17, 15) is 9.59 Å². The van der Waals surface area contributed by atoms with Crippen LogP contribution >= 0.6 is 11.6 Å². The van der Waals surface area contributed by atoms with Crippen LogP contribution in [0.3, 0.4) is 0 Å². The number of carbonyl (C=O) groups excluding carboxylic acids is 1. The van der Waals surface area contributed by atoms with Crippen molar-refractivity contribution in [3.63, 3.8) is 0 Å². The molecule has 31 heavy (non-hydrogen) atoms. The molecule has 2 aliphatic rings. The Morgan fingerprint density at radius 3 is 2.68 bits per heavy atom. The number of aromatic amines is 1. The predicted molar refractivity (Wildman–Crippen MR) is 121 cm³/mol. The van der Waals surface area contributed by atoms with Crippen molar-refractivity contribution in [2.75, 3.05) is 38.1 Å². The summed E-state index contributed by atoms with van der Waals surface area (Å²) in [5.74, 6) is 0.123. The molecule has 0 saturated carbocycles. The summed E-state index contributed by atoms with van der Waals surface area (Å²) in [4.78, 5) is 40.0. The van der Waals surface area contributed by atoms with Gasteiger partial charge in [-0.3, -0.25) is 14.5 Å². The van der Waals surface area contributed by atoms with Crippen molar-refractivity contribution in [1.29, 1.82) is 0 Å². The quantitative estimate of drug-likeness (QED) is 0.686. The Morgan fingerprint density at radius 2 is 2.03 bits per heavy atom. The highest BCUT2D eigenvalue weighted by atomic mass is 35.5. The molecular weight excluding hydrogens is 416 g/mol. The maximum Gasteiger partial charge on any atom is 0.288 e. The number of aromatic nitrogens is 3. The minimum Gasteiger partial charge on any atom is -0.368 e. The van der Waals surface area contributed by atoms with Crippen LogP contribution in [0.25, 0.3) is 0 Å². The van der Waals surface area contributed by atoms with Gasteiger partial charge in [-0.2, -0.15) is 0 Å². The molecule has 4 rings (SSSR count). The van der Waals surface area contributed by atoms with Gasteiger partial charge in [-0.05, 0) is 38.3 Å². The first kappa shape index (κ1) is 21.8. The van der Waals surface area contributed by atoms with Crippen LogP contribution in [0.2, 0.25) is 5.15 Å². The van der Waals surface area contributed by atoms with Gasteiger partial charge >= 0.3 is 0 Å². The van der Waals surface area contributed by atoms with E-state index in [1.54, 1.807) is 13.2 Å². The van der Waals surface area contributed by atoms with E-state index in [0.717, 1.165) is 68.8 Å². The maximum atomic E-state index is 12.2. The van der Waals surface area contributed by atoms with Crippen LogP contribution in [0.5, 0.6) is 0 Å². The molecule has 1 amide bonds.